The smallest absolute Gasteiger partial charge is 0.337 e. The van der Waals surface area contributed by atoms with E-state index in [0.717, 1.165) is 0 Å². The maximum absolute atomic E-state index is 12.4. The molecule has 0 fully saturated rings. The molecule has 0 atom stereocenters. The first-order valence-electron chi connectivity index (χ1n) is 7.14. The van der Waals surface area contributed by atoms with Crippen LogP contribution in [0.1, 0.15) is 20.7 Å². The van der Waals surface area contributed by atoms with Crippen LogP contribution in [-0.2, 0) is 9.53 Å². The highest BCUT2D eigenvalue weighted by molar-refractivity contribution is 6.09. The standard InChI is InChI=1S/C17H14N2O5/c1-23-17(22)10-5-7-11(8-6-10)18-16(21)12-3-2-4-13-15(12)24-9-14(20)19-13/h2-8H,9H2,1H3,(H,18,21)(H,19,20). The number of benzene rings is 2. The van der Waals surface area contributed by atoms with Gasteiger partial charge in [0, 0.05) is 5.69 Å². The number of methoxy groups -OCH3 is 1. The molecule has 1 heterocycles. The predicted octanol–water partition coefficient (Wildman–Crippen LogP) is 2.06. The molecule has 1 aliphatic heterocycles. The lowest BCUT2D eigenvalue weighted by atomic mass is 10.1. The van der Waals surface area contributed by atoms with Crippen molar-refractivity contribution >= 4 is 29.2 Å². The molecular formula is C17H14N2O5. The number of esters is 1. The highest BCUT2D eigenvalue weighted by atomic mass is 16.5. The molecule has 2 amide bonds. The van der Waals surface area contributed by atoms with Crippen LogP contribution >= 0.6 is 0 Å². The molecule has 1 aliphatic rings. The fourth-order valence-corrected chi connectivity index (χ4v) is 2.30. The summed E-state index contributed by atoms with van der Waals surface area (Å²) >= 11 is 0. The van der Waals surface area contributed by atoms with Gasteiger partial charge in [0.2, 0.25) is 0 Å². The van der Waals surface area contributed by atoms with Gasteiger partial charge in [0.1, 0.15) is 0 Å². The van der Waals surface area contributed by atoms with Gasteiger partial charge in [0.15, 0.2) is 12.4 Å². The third-order valence-electron chi connectivity index (χ3n) is 3.45. The van der Waals surface area contributed by atoms with Crippen LogP contribution in [0.4, 0.5) is 11.4 Å². The van der Waals surface area contributed by atoms with E-state index in [0.29, 0.717) is 28.3 Å². The number of carbonyl (C=O) groups excluding carboxylic acids is 3. The van der Waals surface area contributed by atoms with Gasteiger partial charge in [-0.2, -0.15) is 0 Å². The zero-order valence-electron chi connectivity index (χ0n) is 12.8. The number of para-hydroxylation sites is 1. The lowest BCUT2D eigenvalue weighted by Gasteiger charge is -2.20. The Kier molecular flexibility index (Phi) is 4.15. The molecule has 0 aromatic heterocycles. The van der Waals surface area contributed by atoms with Crippen molar-refractivity contribution in [1.82, 2.24) is 0 Å². The van der Waals surface area contributed by atoms with Crippen LogP contribution in [0.15, 0.2) is 42.5 Å². The van der Waals surface area contributed by atoms with Gasteiger partial charge in [-0.05, 0) is 36.4 Å². The van der Waals surface area contributed by atoms with Crippen LogP contribution in [0, 0.1) is 0 Å². The van der Waals surface area contributed by atoms with Crippen molar-refractivity contribution in [3.05, 3.63) is 53.6 Å². The van der Waals surface area contributed by atoms with Crippen molar-refractivity contribution in [2.75, 3.05) is 24.4 Å². The van der Waals surface area contributed by atoms with Crippen molar-refractivity contribution in [2.24, 2.45) is 0 Å². The van der Waals surface area contributed by atoms with Gasteiger partial charge in [-0.15, -0.1) is 0 Å². The quantitative estimate of drug-likeness (QED) is 0.842. The third kappa shape index (κ3) is 3.05. The number of carbonyl (C=O) groups is 3. The minimum Gasteiger partial charge on any atom is -0.481 e. The first-order chi connectivity index (χ1) is 11.6. The van der Waals surface area contributed by atoms with Gasteiger partial charge in [0.25, 0.3) is 11.8 Å². The number of amides is 2. The monoisotopic (exact) mass is 326 g/mol. The van der Waals surface area contributed by atoms with Crippen LogP contribution in [0.5, 0.6) is 5.75 Å². The fraction of sp³-hybridized carbons (Fsp3) is 0.118. The second-order valence-electron chi connectivity index (χ2n) is 5.04. The molecule has 0 bridgehead atoms. The van der Waals surface area contributed by atoms with E-state index in [4.69, 9.17) is 4.74 Å². The second-order valence-corrected chi connectivity index (χ2v) is 5.04. The van der Waals surface area contributed by atoms with Crippen molar-refractivity contribution in [1.29, 1.82) is 0 Å². The van der Waals surface area contributed by atoms with E-state index < -0.39 is 5.97 Å². The van der Waals surface area contributed by atoms with Gasteiger partial charge < -0.3 is 20.1 Å². The van der Waals surface area contributed by atoms with E-state index in [1.165, 1.54) is 7.11 Å². The molecule has 2 aromatic rings. The molecule has 3 rings (SSSR count). The molecule has 0 saturated heterocycles. The Morgan fingerprint density at radius 1 is 1.17 bits per heavy atom. The van der Waals surface area contributed by atoms with E-state index in [1.807, 2.05) is 0 Å². The summed E-state index contributed by atoms with van der Waals surface area (Å²) in [4.78, 5) is 35.2. The molecule has 2 aromatic carbocycles. The average Bonchev–Trinajstić information content (AvgIpc) is 2.60. The number of rotatable bonds is 3. The van der Waals surface area contributed by atoms with Crippen LogP contribution in [-0.4, -0.2) is 31.5 Å². The Balaban J connectivity index is 1.79. The summed E-state index contributed by atoms with van der Waals surface area (Å²) in [5.74, 6) is -0.762. The van der Waals surface area contributed by atoms with Crippen molar-refractivity contribution in [3.8, 4) is 5.75 Å². The SMILES string of the molecule is COC(=O)c1ccc(NC(=O)c2cccc3c2OCC(=O)N3)cc1. The molecule has 122 valence electrons. The van der Waals surface area contributed by atoms with Crippen LogP contribution in [0.25, 0.3) is 0 Å². The lowest BCUT2D eigenvalue weighted by molar-refractivity contribution is -0.118. The number of hydrogen-bond donors (Lipinski definition) is 2. The molecule has 7 heteroatoms. The first-order valence-corrected chi connectivity index (χ1v) is 7.14. The van der Waals surface area contributed by atoms with Gasteiger partial charge >= 0.3 is 5.97 Å². The predicted molar refractivity (Wildman–Crippen MR) is 86.3 cm³/mol. The molecule has 0 radical (unpaired) electrons. The van der Waals surface area contributed by atoms with Crippen molar-refractivity contribution < 1.29 is 23.9 Å². The summed E-state index contributed by atoms with van der Waals surface area (Å²) in [5, 5.41) is 5.37. The maximum atomic E-state index is 12.4. The Morgan fingerprint density at radius 2 is 1.92 bits per heavy atom. The normalized spacial score (nSPS) is 12.5. The topological polar surface area (TPSA) is 93.7 Å². The Morgan fingerprint density at radius 3 is 2.62 bits per heavy atom. The molecule has 7 nitrogen and oxygen atoms in total. The van der Waals surface area contributed by atoms with Crippen LogP contribution < -0.4 is 15.4 Å². The van der Waals surface area contributed by atoms with Crippen LogP contribution in [0.2, 0.25) is 0 Å². The van der Waals surface area contributed by atoms with Gasteiger partial charge in [-0.25, -0.2) is 4.79 Å². The second kappa shape index (κ2) is 6.41. The van der Waals surface area contributed by atoms with E-state index >= 15 is 0 Å². The molecule has 0 unspecified atom stereocenters. The van der Waals surface area contributed by atoms with E-state index in [-0.39, 0.29) is 18.4 Å². The Labute approximate surface area is 137 Å². The number of ether oxygens (including phenoxy) is 2. The molecule has 0 saturated carbocycles. The van der Waals surface area contributed by atoms with E-state index in [1.54, 1.807) is 42.5 Å². The summed E-state index contributed by atoms with van der Waals surface area (Å²) in [7, 11) is 1.30. The minimum absolute atomic E-state index is 0.134. The summed E-state index contributed by atoms with van der Waals surface area (Å²) in [5.41, 5.74) is 1.67. The number of anilines is 2. The molecule has 2 N–H and O–H groups in total. The van der Waals surface area contributed by atoms with Gasteiger partial charge in [0.05, 0.1) is 23.9 Å². The highest BCUT2D eigenvalue weighted by Gasteiger charge is 2.22. The number of hydrogen-bond acceptors (Lipinski definition) is 5. The Hall–Kier alpha value is -3.35. The summed E-state index contributed by atoms with van der Waals surface area (Å²) in [6.07, 6.45) is 0. The Bertz CT molecular complexity index is 814. The third-order valence-corrected chi connectivity index (χ3v) is 3.45. The molecule has 0 spiro atoms. The van der Waals surface area contributed by atoms with Gasteiger partial charge in [-0.1, -0.05) is 6.07 Å². The molecular weight excluding hydrogens is 312 g/mol. The first kappa shape index (κ1) is 15.5. The zero-order chi connectivity index (χ0) is 17.1. The number of fused-ring (bicyclic) bond motifs is 1. The van der Waals surface area contributed by atoms with Crippen molar-refractivity contribution in [3.63, 3.8) is 0 Å². The largest absolute Gasteiger partial charge is 0.481 e. The molecule has 24 heavy (non-hydrogen) atoms. The van der Waals surface area contributed by atoms with Crippen LogP contribution in [0.3, 0.4) is 0 Å². The van der Waals surface area contributed by atoms with E-state index in [2.05, 4.69) is 15.4 Å². The van der Waals surface area contributed by atoms with Crippen molar-refractivity contribution in [2.45, 2.75) is 0 Å². The summed E-state index contributed by atoms with van der Waals surface area (Å²) < 4.78 is 9.98. The molecule has 0 aliphatic carbocycles. The van der Waals surface area contributed by atoms with Gasteiger partial charge in [-0.3, -0.25) is 9.59 Å². The maximum Gasteiger partial charge on any atom is 0.337 e. The summed E-state index contributed by atoms with van der Waals surface area (Å²) in [6.45, 7) is -0.134. The lowest BCUT2D eigenvalue weighted by Crippen LogP contribution is -2.27. The zero-order valence-corrected chi connectivity index (χ0v) is 12.8. The highest BCUT2D eigenvalue weighted by Crippen LogP contribution is 2.32. The van der Waals surface area contributed by atoms with E-state index in [9.17, 15) is 14.4 Å². The average molecular weight is 326 g/mol. The number of nitrogens with one attached hydrogen (secondary N) is 2. The fourth-order valence-electron chi connectivity index (χ4n) is 2.30. The summed E-state index contributed by atoms with van der Waals surface area (Å²) in [6, 6.07) is 11.2. The minimum atomic E-state index is -0.450.